The van der Waals surface area contributed by atoms with Crippen LogP contribution in [0.5, 0.6) is 5.75 Å². The van der Waals surface area contributed by atoms with Gasteiger partial charge < -0.3 is 9.84 Å². The molecule has 0 saturated carbocycles. The lowest BCUT2D eigenvalue weighted by Gasteiger charge is -2.10. The quantitative estimate of drug-likeness (QED) is 0.618. The summed E-state index contributed by atoms with van der Waals surface area (Å²) in [6.07, 6.45) is 3.35. The van der Waals surface area contributed by atoms with Gasteiger partial charge in [0.25, 0.3) is 0 Å². The van der Waals surface area contributed by atoms with Gasteiger partial charge in [0, 0.05) is 5.56 Å². The van der Waals surface area contributed by atoms with Crippen molar-refractivity contribution >= 4 is 17.8 Å². The standard InChI is InChI=1S/C20H20O4/c1-3-15-4-6-16(7-5-15)8-13-19(21)17-9-11-18(12-10-17)24-14(2)20(22)23/h4-14H,3H2,1-2H3,(H,22,23)/b13-8-. The van der Waals surface area contributed by atoms with E-state index in [1.165, 1.54) is 18.6 Å². The van der Waals surface area contributed by atoms with E-state index >= 15 is 0 Å². The molecule has 1 N–H and O–H groups in total. The van der Waals surface area contributed by atoms with Crippen molar-refractivity contribution in [1.82, 2.24) is 0 Å². The first-order chi connectivity index (χ1) is 11.5. The maximum atomic E-state index is 12.2. The molecule has 2 aromatic carbocycles. The molecular formula is C20H20O4. The van der Waals surface area contributed by atoms with Gasteiger partial charge in [0.05, 0.1) is 0 Å². The third kappa shape index (κ3) is 4.81. The van der Waals surface area contributed by atoms with Gasteiger partial charge in [-0.2, -0.15) is 0 Å². The molecule has 0 bridgehead atoms. The highest BCUT2D eigenvalue weighted by Crippen LogP contribution is 2.15. The molecule has 0 heterocycles. The van der Waals surface area contributed by atoms with Gasteiger partial charge in [-0.15, -0.1) is 0 Å². The van der Waals surface area contributed by atoms with Crippen LogP contribution in [-0.2, 0) is 11.2 Å². The van der Waals surface area contributed by atoms with Crippen molar-refractivity contribution in [1.29, 1.82) is 0 Å². The number of carbonyl (C=O) groups is 2. The van der Waals surface area contributed by atoms with Crippen LogP contribution in [-0.4, -0.2) is 23.0 Å². The Kier molecular flexibility index (Phi) is 5.90. The van der Waals surface area contributed by atoms with Crippen LogP contribution in [0.1, 0.15) is 35.3 Å². The van der Waals surface area contributed by atoms with Crippen LogP contribution < -0.4 is 4.74 Å². The minimum atomic E-state index is -1.04. The summed E-state index contributed by atoms with van der Waals surface area (Å²) in [6.45, 7) is 3.55. The maximum Gasteiger partial charge on any atom is 0.344 e. The number of carboxylic acid groups (broad SMARTS) is 1. The Morgan fingerprint density at radius 2 is 1.71 bits per heavy atom. The fourth-order valence-corrected chi connectivity index (χ4v) is 2.08. The number of carboxylic acids is 1. The molecule has 4 nitrogen and oxygen atoms in total. The lowest BCUT2D eigenvalue weighted by molar-refractivity contribution is -0.144. The average molecular weight is 324 g/mol. The molecule has 0 radical (unpaired) electrons. The van der Waals surface area contributed by atoms with Crippen molar-refractivity contribution in [2.24, 2.45) is 0 Å². The van der Waals surface area contributed by atoms with E-state index in [9.17, 15) is 9.59 Å². The molecule has 1 unspecified atom stereocenters. The minimum absolute atomic E-state index is 0.118. The van der Waals surface area contributed by atoms with E-state index in [0.29, 0.717) is 11.3 Å². The average Bonchev–Trinajstić information content (AvgIpc) is 2.60. The van der Waals surface area contributed by atoms with Gasteiger partial charge in [0.2, 0.25) is 0 Å². The van der Waals surface area contributed by atoms with Crippen LogP contribution in [0, 0.1) is 0 Å². The number of ketones is 1. The van der Waals surface area contributed by atoms with Crippen molar-refractivity contribution < 1.29 is 19.4 Å². The van der Waals surface area contributed by atoms with Gasteiger partial charge in [0.1, 0.15) is 5.75 Å². The Hall–Kier alpha value is -2.88. The third-order valence-corrected chi connectivity index (χ3v) is 3.61. The van der Waals surface area contributed by atoms with E-state index < -0.39 is 12.1 Å². The van der Waals surface area contributed by atoms with E-state index in [-0.39, 0.29) is 5.78 Å². The Balaban J connectivity index is 2.01. The predicted molar refractivity (Wildman–Crippen MR) is 93.4 cm³/mol. The Labute approximate surface area is 141 Å². The van der Waals surface area contributed by atoms with E-state index in [2.05, 4.69) is 6.92 Å². The fourth-order valence-electron chi connectivity index (χ4n) is 2.08. The second-order valence-electron chi connectivity index (χ2n) is 5.42. The second kappa shape index (κ2) is 8.11. The first-order valence-corrected chi connectivity index (χ1v) is 7.80. The molecular weight excluding hydrogens is 304 g/mol. The van der Waals surface area contributed by atoms with Crippen molar-refractivity contribution in [3.8, 4) is 5.75 Å². The molecule has 2 rings (SSSR count). The highest BCUT2D eigenvalue weighted by Gasteiger charge is 2.12. The van der Waals surface area contributed by atoms with Gasteiger partial charge in [-0.3, -0.25) is 4.79 Å². The summed E-state index contributed by atoms with van der Waals surface area (Å²) < 4.78 is 5.23. The zero-order chi connectivity index (χ0) is 17.5. The van der Waals surface area contributed by atoms with Crippen LogP contribution in [0.3, 0.4) is 0 Å². The topological polar surface area (TPSA) is 63.6 Å². The molecule has 124 valence electrons. The number of allylic oxidation sites excluding steroid dienone is 1. The monoisotopic (exact) mass is 324 g/mol. The Morgan fingerprint density at radius 3 is 2.25 bits per heavy atom. The van der Waals surface area contributed by atoms with E-state index in [4.69, 9.17) is 9.84 Å². The highest BCUT2D eigenvalue weighted by atomic mass is 16.5. The first-order valence-electron chi connectivity index (χ1n) is 7.80. The van der Waals surface area contributed by atoms with Crippen LogP contribution >= 0.6 is 0 Å². The van der Waals surface area contributed by atoms with Crippen molar-refractivity contribution in [3.63, 3.8) is 0 Å². The summed E-state index contributed by atoms with van der Waals surface area (Å²) in [7, 11) is 0. The molecule has 2 aromatic rings. The van der Waals surface area contributed by atoms with Crippen molar-refractivity contribution in [2.75, 3.05) is 0 Å². The number of hydrogen-bond donors (Lipinski definition) is 1. The number of hydrogen-bond acceptors (Lipinski definition) is 3. The zero-order valence-electron chi connectivity index (χ0n) is 13.7. The number of rotatable bonds is 7. The summed E-state index contributed by atoms with van der Waals surface area (Å²) >= 11 is 0. The first kappa shape index (κ1) is 17.5. The number of ether oxygens (including phenoxy) is 1. The van der Waals surface area contributed by atoms with Crippen molar-refractivity contribution in [3.05, 3.63) is 71.3 Å². The number of aryl methyl sites for hydroxylation is 1. The largest absolute Gasteiger partial charge is 0.479 e. The molecule has 4 heteroatoms. The number of carbonyl (C=O) groups excluding carboxylic acids is 1. The molecule has 0 saturated heterocycles. The number of benzene rings is 2. The number of aliphatic carboxylic acids is 1. The predicted octanol–water partition coefficient (Wildman–Crippen LogP) is 4.00. The van der Waals surface area contributed by atoms with Gasteiger partial charge >= 0.3 is 5.97 Å². The molecule has 0 amide bonds. The van der Waals surface area contributed by atoms with E-state index in [1.54, 1.807) is 30.3 Å². The van der Waals surface area contributed by atoms with Crippen LogP contribution in [0.15, 0.2) is 54.6 Å². The molecule has 0 fully saturated rings. The molecule has 0 aliphatic carbocycles. The van der Waals surface area contributed by atoms with Gasteiger partial charge in [-0.25, -0.2) is 4.79 Å². The van der Waals surface area contributed by atoms with Gasteiger partial charge in [0.15, 0.2) is 11.9 Å². The summed E-state index contributed by atoms with van der Waals surface area (Å²) in [5, 5.41) is 8.81. The summed E-state index contributed by atoms with van der Waals surface area (Å²) in [4.78, 5) is 22.9. The molecule has 0 spiro atoms. The summed E-state index contributed by atoms with van der Waals surface area (Å²) in [5.41, 5.74) is 2.74. The molecule has 0 aromatic heterocycles. The second-order valence-corrected chi connectivity index (χ2v) is 5.42. The smallest absolute Gasteiger partial charge is 0.344 e. The Morgan fingerprint density at radius 1 is 1.08 bits per heavy atom. The third-order valence-electron chi connectivity index (χ3n) is 3.61. The SMILES string of the molecule is CCc1ccc(/C=C\C(=O)c2ccc(OC(C)C(=O)O)cc2)cc1. The molecule has 0 aliphatic rings. The normalized spacial score (nSPS) is 12.1. The lowest BCUT2D eigenvalue weighted by atomic mass is 10.1. The van der Waals surface area contributed by atoms with Crippen LogP contribution in [0.25, 0.3) is 6.08 Å². The molecule has 1 atom stereocenters. The van der Waals surface area contributed by atoms with Crippen LogP contribution in [0.4, 0.5) is 0 Å². The Bertz CT molecular complexity index is 727. The summed E-state index contributed by atoms with van der Waals surface area (Å²) in [6, 6.07) is 14.5. The minimum Gasteiger partial charge on any atom is -0.479 e. The van der Waals surface area contributed by atoms with E-state index in [0.717, 1.165) is 12.0 Å². The van der Waals surface area contributed by atoms with Crippen molar-refractivity contribution in [2.45, 2.75) is 26.4 Å². The highest BCUT2D eigenvalue weighted by molar-refractivity contribution is 6.06. The van der Waals surface area contributed by atoms with E-state index in [1.807, 2.05) is 24.3 Å². The summed E-state index contributed by atoms with van der Waals surface area (Å²) in [5.74, 6) is -0.736. The fraction of sp³-hybridized carbons (Fsp3) is 0.200. The van der Waals surface area contributed by atoms with Crippen LogP contribution in [0.2, 0.25) is 0 Å². The van der Waals surface area contributed by atoms with Gasteiger partial charge in [-0.05, 0) is 54.8 Å². The maximum absolute atomic E-state index is 12.2. The molecule has 24 heavy (non-hydrogen) atoms. The zero-order valence-corrected chi connectivity index (χ0v) is 13.7. The van der Waals surface area contributed by atoms with Gasteiger partial charge in [-0.1, -0.05) is 37.3 Å². The molecule has 0 aliphatic heterocycles. The lowest BCUT2D eigenvalue weighted by Crippen LogP contribution is -2.22.